The average Bonchev–Trinajstić information content (AvgIpc) is 2.98. The number of hydrogen-bond donors (Lipinski definition) is 2. The molecule has 2 rings (SSSR count). The third-order valence-electron chi connectivity index (χ3n) is 2.99. The van der Waals surface area contributed by atoms with Gasteiger partial charge in [-0.2, -0.15) is 0 Å². The maximum Gasteiger partial charge on any atom is 0.296 e. The molecule has 1 heterocycles. The molecule has 0 bridgehead atoms. The number of imidazole rings is 1. The van der Waals surface area contributed by atoms with Crippen molar-refractivity contribution in [3.63, 3.8) is 0 Å². The van der Waals surface area contributed by atoms with Gasteiger partial charge in [-0.25, -0.2) is 4.98 Å². The highest BCUT2D eigenvalue weighted by molar-refractivity contribution is 5.64. The van der Waals surface area contributed by atoms with Gasteiger partial charge in [0.05, 0.1) is 24.1 Å². The minimum Gasteiger partial charge on any atom is -0.496 e. The minimum atomic E-state index is -0.431. The summed E-state index contributed by atoms with van der Waals surface area (Å²) in [4.78, 5) is 17.9. The lowest BCUT2D eigenvalue weighted by atomic mass is 10.1. The first-order chi connectivity index (χ1) is 9.65. The first-order valence-electron chi connectivity index (χ1n) is 6.24. The number of benzene rings is 1. The van der Waals surface area contributed by atoms with Gasteiger partial charge in [-0.05, 0) is 18.6 Å². The molecule has 1 aromatic heterocycles. The SMILES string of the molecule is CCC(Nc1ccc(OC)cc1[N+](=O)[O-])c1ncc[nH]1. The van der Waals surface area contributed by atoms with E-state index in [2.05, 4.69) is 15.3 Å². The Hall–Kier alpha value is -2.57. The van der Waals surface area contributed by atoms with Gasteiger partial charge in [0.1, 0.15) is 17.3 Å². The number of ether oxygens (including phenoxy) is 1. The average molecular weight is 276 g/mol. The molecule has 0 aliphatic rings. The Morgan fingerprint density at radius 3 is 2.90 bits per heavy atom. The number of nitro benzene ring substituents is 1. The van der Waals surface area contributed by atoms with Crippen LogP contribution in [0.5, 0.6) is 5.75 Å². The fourth-order valence-electron chi connectivity index (χ4n) is 1.93. The van der Waals surface area contributed by atoms with Crippen molar-refractivity contribution in [1.29, 1.82) is 0 Å². The van der Waals surface area contributed by atoms with Crippen molar-refractivity contribution in [1.82, 2.24) is 9.97 Å². The van der Waals surface area contributed by atoms with Crippen molar-refractivity contribution in [3.05, 3.63) is 46.5 Å². The summed E-state index contributed by atoms with van der Waals surface area (Å²) in [6.45, 7) is 1.98. The predicted octanol–water partition coefficient (Wildman–Crippen LogP) is 2.89. The standard InChI is InChI=1S/C13H16N4O3/c1-3-10(13-14-6-7-15-13)16-11-5-4-9(20-2)8-12(11)17(18)19/h4-8,10,16H,3H2,1-2H3,(H,14,15). The highest BCUT2D eigenvalue weighted by Crippen LogP contribution is 2.31. The number of aromatic nitrogens is 2. The number of nitrogens with one attached hydrogen (secondary N) is 2. The zero-order valence-corrected chi connectivity index (χ0v) is 11.3. The topological polar surface area (TPSA) is 93.1 Å². The molecule has 0 fully saturated rings. The summed E-state index contributed by atoms with van der Waals surface area (Å²) in [6.07, 6.45) is 4.13. The van der Waals surface area contributed by atoms with Gasteiger partial charge in [0.25, 0.3) is 5.69 Å². The molecule has 2 N–H and O–H groups in total. The second-order valence-corrected chi connectivity index (χ2v) is 4.22. The third kappa shape index (κ3) is 2.87. The van der Waals surface area contributed by atoms with Crippen molar-refractivity contribution in [2.24, 2.45) is 0 Å². The number of rotatable bonds is 6. The van der Waals surface area contributed by atoms with Gasteiger partial charge >= 0.3 is 0 Å². The first-order valence-corrected chi connectivity index (χ1v) is 6.24. The molecule has 0 aliphatic heterocycles. The number of anilines is 1. The number of hydrogen-bond acceptors (Lipinski definition) is 5. The van der Waals surface area contributed by atoms with E-state index in [1.165, 1.54) is 13.2 Å². The van der Waals surface area contributed by atoms with E-state index in [-0.39, 0.29) is 11.7 Å². The molecule has 7 heteroatoms. The van der Waals surface area contributed by atoms with E-state index in [9.17, 15) is 10.1 Å². The Balaban J connectivity index is 2.30. The molecule has 20 heavy (non-hydrogen) atoms. The van der Waals surface area contributed by atoms with Gasteiger partial charge < -0.3 is 15.0 Å². The zero-order valence-electron chi connectivity index (χ0n) is 11.3. The molecule has 7 nitrogen and oxygen atoms in total. The fraction of sp³-hybridized carbons (Fsp3) is 0.308. The van der Waals surface area contributed by atoms with Crippen molar-refractivity contribution < 1.29 is 9.66 Å². The molecule has 0 spiro atoms. The normalized spacial score (nSPS) is 11.9. The van der Waals surface area contributed by atoms with Crippen molar-refractivity contribution >= 4 is 11.4 Å². The summed E-state index contributed by atoms with van der Waals surface area (Å²) in [5.74, 6) is 1.20. The largest absolute Gasteiger partial charge is 0.496 e. The highest BCUT2D eigenvalue weighted by Gasteiger charge is 2.19. The van der Waals surface area contributed by atoms with Gasteiger partial charge in [0.2, 0.25) is 0 Å². The second kappa shape index (κ2) is 6.05. The Morgan fingerprint density at radius 1 is 1.55 bits per heavy atom. The number of H-pyrrole nitrogens is 1. The van der Waals surface area contributed by atoms with Crippen LogP contribution in [0.15, 0.2) is 30.6 Å². The van der Waals surface area contributed by atoms with E-state index < -0.39 is 4.92 Å². The molecule has 2 aromatic rings. The molecule has 1 aromatic carbocycles. The van der Waals surface area contributed by atoms with Crippen LogP contribution in [0.1, 0.15) is 25.2 Å². The van der Waals surface area contributed by atoms with E-state index in [4.69, 9.17) is 4.74 Å². The highest BCUT2D eigenvalue weighted by atomic mass is 16.6. The molecular weight excluding hydrogens is 260 g/mol. The van der Waals surface area contributed by atoms with Crippen LogP contribution in [0.25, 0.3) is 0 Å². The number of nitro groups is 1. The zero-order chi connectivity index (χ0) is 14.5. The molecule has 1 atom stereocenters. The van der Waals surface area contributed by atoms with E-state index >= 15 is 0 Å². The molecule has 1 unspecified atom stereocenters. The minimum absolute atomic E-state index is 0.0191. The molecule has 0 aliphatic carbocycles. The Bertz CT molecular complexity index is 583. The predicted molar refractivity (Wildman–Crippen MR) is 74.9 cm³/mol. The summed E-state index contributed by atoms with van der Waals surface area (Å²) in [5, 5.41) is 14.3. The van der Waals surface area contributed by atoms with Gasteiger partial charge in [-0.15, -0.1) is 0 Å². The van der Waals surface area contributed by atoms with Crippen molar-refractivity contribution in [3.8, 4) is 5.75 Å². The van der Waals surface area contributed by atoms with Gasteiger partial charge in [0, 0.05) is 12.4 Å². The van der Waals surface area contributed by atoms with Crippen LogP contribution in [-0.4, -0.2) is 22.0 Å². The van der Waals surface area contributed by atoms with Gasteiger partial charge in [-0.1, -0.05) is 6.92 Å². The summed E-state index contributed by atoms with van der Waals surface area (Å²) in [7, 11) is 1.48. The maximum absolute atomic E-state index is 11.1. The molecule has 0 radical (unpaired) electrons. The van der Waals surface area contributed by atoms with Crippen LogP contribution in [0.2, 0.25) is 0 Å². The van der Waals surface area contributed by atoms with Crippen LogP contribution in [0, 0.1) is 10.1 Å². The van der Waals surface area contributed by atoms with Crippen LogP contribution in [-0.2, 0) is 0 Å². The Labute approximate surface area is 116 Å². The van der Waals surface area contributed by atoms with E-state index in [1.807, 2.05) is 6.92 Å². The van der Waals surface area contributed by atoms with E-state index in [0.717, 1.165) is 12.2 Å². The molecule has 0 saturated heterocycles. The summed E-state index contributed by atoms with van der Waals surface area (Å²) in [6, 6.07) is 4.61. The van der Waals surface area contributed by atoms with Crippen LogP contribution >= 0.6 is 0 Å². The van der Waals surface area contributed by atoms with Crippen LogP contribution in [0.3, 0.4) is 0 Å². The second-order valence-electron chi connectivity index (χ2n) is 4.22. The lowest BCUT2D eigenvalue weighted by molar-refractivity contribution is -0.384. The number of nitrogens with zero attached hydrogens (tertiary/aromatic N) is 2. The molecular formula is C13H16N4O3. The molecule has 106 valence electrons. The van der Waals surface area contributed by atoms with E-state index in [1.54, 1.807) is 24.5 Å². The summed E-state index contributed by atoms with van der Waals surface area (Å²) >= 11 is 0. The lowest BCUT2D eigenvalue weighted by Gasteiger charge is -2.16. The van der Waals surface area contributed by atoms with Crippen LogP contribution in [0.4, 0.5) is 11.4 Å². The quantitative estimate of drug-likeness (QED) is 0.625. The van der Waals surface area contributed by atoms with Gasteiger partial charge in [-0.3, -0.25) is 10.1 Å². The van der Waals surface area contributed by atoms with Gasteiger partial charge in [0.15, 0.2) is 0 Å². The van der Waals surface area contributed by atoms with E-state index in [0.29, 0.717) is 11.4 Å². The van der Waals surface area contributed by atoms with Crippen LogP contribution < -0.4 is 10.1 Å². The smallest absolute Gasteiger partial charge is 0.296 e. The molecule has 0 saturated carbocycles. The summed E-state index contributed by atoms with van der Waals surface area (Å²) < 4.78 is 5.01. The maximum atomic E-state index is 11.1. The number of methoxy groups -OCH3 is 1. The fourth-order valence-corrected chi connectivity index (χ4v) is 1.93. The lowest BCUT2D eigenvalue weighted by Crippen LogP contribution is -2.12. The number of aromatic amines is 1. The monoisotopic (exact) mass is 276 g/mol. The Morgan fingerprint density at radius 2 is 2.35 bits per heavy atom. The van der Waals surface area contributed by atoms with Crippen molar-refractivity contribution in [2.45, 2.75) is 19.4 Å². The molecule has 0 amide bonds. The van der Waals surface area contributed by atoms with Crippen molar-refractivity contribution in [2.75, 3.05) is 12.4 Å². The third-order valence-corrected chi connectivity index (χ3v) is 2.99. The first kappa shape index (κ1) is 13.9. The Kier molecular flexibility index (Phi) is 4.19. The summed E-state index contributed by atoms with van der Waals surface area (Å²) in [5.41, 5.74) is 0.424.